The van der Waals surface area contributed by atoms with Crippen LogP contribution in [0.15, 0.2) is 164 Å². The highest BCUT2D eigenvalue weighted by Gasteiger charge is 2.24. The second kappa shape index (κ2) is 12.4. The van der Waals surface area contributed by atoms with Gasteiger partial charge in [-0.1, -0.05) is 128 Å². The third kappa shape index (κ3) is 5.78. The van der Waals surface area contributed by atoms with Crippen molar-refractivity contribution in [1.82, 2.24) is 9.97 Å². The first-order valence-corrected chi connectivity index (χ1v) is 16.2. The molecule has 1 heterocycles. The van der Waals surface area contributed by atoms with Gasteiger partial charge in [0.2, 0.25) is 0 Å². The summed E-state index contributed by atoms with van der Waals surface area (Å²) in [6.07, 6.45) is 3.51. The van der Waals surface area contributed by atoms with Gasteiger partial charge in [0.25, 0.3) is 0 Å². The molecule has 1 aliphatic carbocycles. The number of rotatable bonds is 7. The zero-order valence-corrected chi connectivity index (χ0v) is 25.7. The molecule has 1 aromatic heterocycles. The summed E-state index contributed by atoms with van der Waals surface area (Å²) >= 11 is 0. The SMILES string of the molecule is c1ccc(-c2cc(-c3ccccc3)cc(-c3cc(-c4cc(-c5ccccc5)cc(-c5ccccc5)c4)nc(C4CCC4)n3)c2)cc1. The smallest absolute Gasteiger partial charge is 0.132 e. The molecular weight excluding hydrogens is 556 g/mol. The molecule has 0 radical (unpaired) electrons. The van der Waals surface area contributed by atoms with Gasteiger partial charge in [-0.15, -0.1) is 0 Å². The lowest BCUT2D eigenvalue weighted by Gasteiger charge is -2.25. The van der Waals surface area contributed by atoms with E-state index in [1.165, 1.54) is 50.9 Å². The lowest BCUT2D eigenvalue weighted by molar-refractivity contribution is 0.402. The molecule has 8 rings (SSSR count). The highest BCUT2D eigenvalue weighted by Crippen LogP contribution is 2.39. The van der Waals surface area contributed by atoms with Crippen molar-refractivity contribution in [2.75, 3.05) is 0 Å². The predicted octanol–water partition coefficient (Wildman–Crippen LogP) is 11.7. The minimum atomic E-state index is 0.399. The lowest BCUT2D eigenvalue weighted by Crippen LogP contribution is -2.13. The Hall–Kier alpha value is -5.60. The van der Waals surface area contributed by atoms with Gasteiger partial charge in [-0.25, -0.2) is 9.97 Å². The van der Waals surface area contributed by atoms with Crippen LogP contribution in [0.25, 0.3) is 67.0 Å². The summed E-state index contributed by atoms with van der Waals surface area (Å²) in [5.74, 6) is 1.35. The molecular formula is C44H34N2. The molecule has 2 nitrogen and oxygen atoms in total. The number of benzene rings is 6. The van der Waals surface area contributed by atoms with Crippen LogP contribution in [0.5, 0.6) is 0 Å². The molecule has 0 saturated heterocycles. The molecule has 220 valence electrons. The van der Waals surface area contributed by atoms with Crippen molar-refractivity contribution < 1.29 is 0 Å². The summed E-state index contributed by atoms with van der Waals surface area (Å²) < 4.78 is 0. The molecule has 1 fully saturated rings. The average Bonchev–Trinajstić information content (AvgIpc) is 3.12. The largest absolute Gasteiger partial charge is 0.233 e. The Labute approximate surface area is 271 Å². The van der Waals surface area contributed by atoms with Gasteiger partial charge in [-0.05, 0) is 99.8 Å². The van der Waals surface area contributed by atoms with Crippen LogP contribution in [0.3, 0.4) is 0 Å². The maximum atomic E-state index is 5.27. The molecule has 0 amide bonds. The number of aromatic nitrogens is 2. The molecule has 0 bridgehead atoms. The fourth-order valence-corrected chi connectivity index (χ4v) is 6.35. The summed E-state index contributed by atoms with van der Waals surface area (Å²) in [6.45, 7) is 0. The molecule has 0 atom stereocenters. The Morgan fingerprint density at radius 2 is 0.630 bits per heavy atom. The molecule has 1 aliphatic rings. The third-order valence-electron chi connectivity index (χ3n) is 9.10. The fraction of sp³-hybridized carbons (Fsp3) is 0.0909. The maximum Gasteiger partial charge on any atom is 0.132 e. The molecule has 2 heteroatoms. The molecule has 6 aromatic carbocycles. The van der Waals surface area contributed by atoms with Crippen molar-refractivity contribution in [1.29, 1.82) is 0 Å². The highest BCUT2D eigenvalue weighted by molar-refractivity contribution is 5.83. The van der Waals surface area contributed by atoms with Crippen molar-refractivity contribution in [3.8, 4) is 67.0 Å². The summed E-state index contributed by atoms with van der Waals surface area (Å²) in [5.41, 5.74) is 13.6. The zero-order valence-electron chi connectivity index (χ0n) is 25.7. The van der Waals surface area contributed by atoms with E-state index in [4.69, 9.17) is 9.97 Å². The van der Waals surface area contributed by atoms with Crippen LogP contribution in [-0.2, 0) is 0 Å². The van der Waals surface area contributed by atoms with E-state index in [0.717, 1.165) is 41.2 Å². The number of hydrogen-bond acceptors (Lipinski definition) is 2. The first-order valence-electron chi connectivity index (χ1n) is 16.2. The van der Waals surface area contributed by atoms with Gasteiger partial charge in [0.05, 0.1) is 11.4 Å². The van der Waals surface area contributed by atoms with Crippen LogP contribution < -0.4 is 0 Å². The molecule has 0 spiro atoms. The summed E-state index contributed by atoms with van der Waals surface area (Å²) in [7, 11) is 0. The van der Waals surface area contributed by atoms with Crippen molar-refractivity contribution in [2.24, 2.45) is 0 Å². The molecule has 0 aliphatic heterocycles. The Morgan fingerprint density at radius 1 is 0.326 bits per heavy atom. The van der Waals surface area contributed by atoms with E-state index in [1.54, 1.807) is 0 Å². The van der Waals surface area contributed by atoms with Gasteiger partial charge in [0.15, 0.2) is 0 Å². The maximum absolute atomic E-state index is 5.27. The van der Waals surface area contributed by atoms with E-state index in [9.17, 15) is 0 Å². The van der Waals surface area contributed by atoms with E-state index < -0.39 is 0 Å². The molecule has 1 saturated carbocycles. The van der Waals surface area contributed by atoms with Gasteiger partial charge in [-0.2, -0.15) is 0 Å². The first-order chi connectivity index (χ1) is 22.8. The van der Waals surface area contributed by atoms with E-state index in [-0.39, 0.29) is 0 Å². The standard InChI is InChI=1S/C44H34N2/c1-5-14-31(15-6-1)36-24-37(32-16-7-2-8-17-32)27-40(26-36)42-30-43(46-44(45-42)35-22-13-23-35)41-28-38(33-18-9-3-10-19-33)25-39(29-41)34-20-11-4-12-21-34/h1-12,14-21,24-30,35H,13,22-23H2. The van der Waals surface area contributed by atoms with Crippen LogP contribution in [-0.4, -0.2) is 9.97 Å². The number of hydrogen-bond donors (Lipinski definition) is 0. The minimum absolute atomic E-state index is 0.399. The van der Waals surface area contributed by atoms with E-state index >= 15 is 0 Å². The van der Waals surface area contributed by atoms with Crippen LogP contribution in [0.2, 0.25) is 0 Å². The Morgan fingerprint density at radius 3 is 0.913 bits per heavy atom. The van der Waals surface area contributed by atoms with Gasteiger partial charge in [0, 0.05) is 17.0 Å². The summed E-state index contributed by atoms with van der Waals surface area (Å²) in [5, 5.41) is 0. The van der Waals surface area contributed by atoms with Crippen LogP contribution in [0.4, 0.5) is 0 Å². The number of nitrogens with zero attached hydrogens (tertiary/aromatic N) is 2. The van der Waals surface area contributed by atoms with Crippen LogP contribution in [0.1, 0.15) is 31.0 Å². The topological polar surface area (TPSA) is 25.8 Å². The van der Waals surface area contributed by atoms with Gasteiger partial charge < -0.3 is 0 Å². The average molecular weight is 591 g/mol. The quantitative estimate of drug-likeness (QED) is 0.185. The van der Waals surface area contributed by atoms with Gasteiger partial charge in [0.1, 0.15) is 5.82 Å². The van der Waals surface area contributed by atoms with Crippen molar-refractivity contribution in [3.63, 3.8) is 0 Å². The van der Waals surface area contributed by atoms with E-state index in [1.807, 2.05) is 0 Å². The normalized spacial score (nSPS) is 12.9. The molecule has 46 heavy (non-hydrogen) atoms. The van der Waals surface area contributed by atoms with Crippen LogP contribution in [0, 0.1) is 0 Å². The lowest BCUT2D eigenvalue weighted by atomic mass is 9.84. The van der Waals surface area contributed by atoms with Crippen molar-refractivity contribution in [3.05, 3.63) is 170 Å². The summed E-state index contributed by atoms with van der Waals surface area (Å²) in [4.78, 5) is 10.5. The second-order valence-corrected chi connectivity index (χ2v) is 12.2. The second-order valence-electron chi connectivity index (χ2n) is 12.2. The van der Waals surface area contributed by atoms with Gasteiger partial charge >= 0.3 is 0 Å². The Kier molecular flexibility index (Phi) is 7.54. The predicted molar refractivity (Wildman–Crippen MR) is 191 cm³/mol. The highest BCUT2D eigenvalue weighted by atomic mass is 14.9. The molecule has 0 N–H and O–H groups in total. The van der Waals surface area contributed by atoms with E-state index in [0.29, 0.717) is 5.92 Å². The first kappa shape index (κ1) is 27.9. The van der Waals surface area contributed by atoms with Crippen molar-refractivity contribution >= 4 is 0 Å². The van der Waals surface area contributed by atoms with E-state index in [2.05, 4.69) is 164 Å². The molecule has 7 aromatic rings. The fourth-order valence-electron chi connectivity index (χ4n) is 6.35. The zero-order chi connectivity index (χ0) is 30.7. The summed E-state index contributed by atoms with van der Waals surface area (Å²) in [6, 6.07) is 58.5. The van der Waals surface area contributed by atoms with Crippen molar-refractivity contribution in [2.45, 2.75) is 25.2 Å². The minimum Gasteiger partial charge on any atom is -0.233 e. The third-order valence-corrected chi connectivity index (χ3v) is 9.10. The molecule has 0 unspecified atom stereocenters. The van der Waals surface area contributed by atoms with Crippen LogP contribution >= 0.6 is 0 Å². The Balaban J connectivity index is 1.33. The Bertz CT molecular complexity index is 1840. The van der Waals surface area contributed by atoms with Gasteiger partial charge in [-0.3, -0.25) is 0 Å². The monoisotopic (exact) mass is 590 g/mol.